The molecule has 1 aromatic rings. The van der Waals surface area contributed by atoms with Gasteiger partial charge in [0.2, 0.25) is 9.76 Å². The fourth-order valence-corrected chi connectivity index (χ4v) is 2.86. The van der Waals surface area contributed by atoms with Gasteiger partial charge in [-0.2, -0.15) is 5.26 Å². The minimum Gasteiger partial charge on any atom is -0.406 e. The molecular formula is C18H28N2OSi. The molecule has 3 nitrogen and oxygen atoms in total. The number of aromatic nitrogens is 1. The van der Waals surface area contributed by atoms with Crippen LogP contribution in [0, 0.1) is 11.3 Å². The summed E-state index contributed by atoms with van der Waals surface area (Å²) < 4.78 is 6.13. The molecule has 0 aliphatic rings. The van der Waals surface area contributed by atoms with Crippen LogP contribution in [0.3, 0.4) is 0 Å². The largest absolute Gasteiger partial charge is 0.406 e. The van der Waals surface area contributed by atoms with E-state index in [1.807, 2.05) is 45.9 Å². The topological polar surface area (TPSA) is 45.9 Å². The van der Waals surface area contributed by atoms with Crippen LogP contribution in [0.2, 0.25) is 5.04 Å². The van der Waals surface area contributed by atoms with Gasteiger partial charge in [0.15, 0.2) is 0 Å². The van der Waals surface area contributed by atoms with Crippen molar-refractivity contribution in [2.45, 2.75) is 77.4 Å². The highest BCUT2D eigenvalue weighted by Gasteiger charge is 2.32. The molecule has 0 amide bonds. The van der Waals surface area contributed by atoms with Gasteiger partial charge >= 0.3 is 0 Å². The summed E-state index contributed by atoms with van der Waals surface area (Å²) in [7, 11) is 0.398. The number of rotatable bonds is 6. The molecule has 0 unspecified atom stereocenters. The molecule has 0 fully saturated rings. The Morgan fingerprint density at radius 3 is 2.09 bits per heavy atom. The second kappa shape index (κ2) is 6.93. The van der Waals surface area contributed by atoms with E-state index in [1.54, 1.807) is 0 Å². The van der Waals surface area contributed by atoms with Crippen LogP contribution in [-0.2, 0) is 15.4 Å². The molecule has 0 spiro atoms. The van der Waals surface area contributed by atoms with Crippen LogP contribution >= 0.6 is 0 Å². The minimum atomic E-state index is -0.502. The van der Waals surface area contributed by atoms with E-state index >= 15 is 0 Å². The smallest absolute Gasteiger partial charge is 0.237 e. The summed E-state index contributed by atoms with van der Waals surface area (Å²) >= 11 is 0. The van der Waals surface area contributed by atoms with Gasteiger partial charge < -0.3 is 4.43 Å². The molecule has 0 aliphatic heterocycles. The third-order valence-corrected chi connectivity index (χ3v) is 5.11. The van der Waals surface area contributed by atoms with Gasteiger partial charge in [-0.25, -0.2) is 0 Å². The first-order chi connectivity index (χ1) is 10.1. The molecular weight excluding hydrogens is 288 g/mol. The number of nitrogens with zero attached hydrogens (tertiary/aromatic N) is 2. The first kappa shape index (κ1) is 18.9. The minimum absolute atomic E-state index is 0.137. The molecule has 0 saturated carbocycles. The molecule has 0 bridgehead atoms. The summed E-state index contributed by atoms with van der Waals surface area (Å²) in [5.74, 6) is 0. The Hall–Kier alpha value is -1.18. The summed E-state index contributed by atoms with van der Waals surface area (Å²) in [4.78, 5) is 4.79. The zero-order valence-corrected chi connectivity index (χ0v) is 15.9. The van der Waals surface area contributed by atoms with Crippen molar-refractivity contribution in [3.05, 3.63) is 29.6 Å². The van der Waals surface area contributed by atoms with Crippen LogP contribution in [0.1, 0.15) is 72.7 Å². The number of pyridine rings is 1. The third-order valence-electron chi connectivity index (χ3n) is 3.89. The summed E-state index contributed by atoms with van der Waals surface area (Å²) in [5.41, 5.74) is 0.791. The van der Waals surface area contributed by atoms with Crippen LogP contribution in [0.4, 0.5) is 0 Å². The van der Waals surface area contributed by atoms with Crippen LogP contribution < -0.4 is 0 Å². The lowest BCUT2D eigenvalue weighted by Gasteiger charge is -2.30. The molecule has 1 rings (SSSR count). The fraction of sp³-hybridized carbons (Fsp3) is 0.667. The Balaban J connectivity index is 3.13. The standard InChI is InChI=1S/C18H28N2OSi/c1-8-18(9-2,13-19)15-12-10-11-14(20-15)17(6,7)21-22-16(3,4)5/h10-12H,8-9H2,1-7H3. The summed E-state index contributed by atoms with van der Waals surface area (Å²) in [6, 6.07) is 8.40. The van der Waals surface area contributed by atoms with Gasteiger partial charge in [0.25, 0.3) is 0 Å². The predicted molar refractivity (Wildman–Crippen MR) is 91.7 cm³/mol. The van der Waals surface area contributed by atoms with Gasteiger partial charge in [-0.3, -0.25) is 4.98 Å². The van der Waals surface area contributed by atoms with Gasteiger partial charge in [-0.1, -0.05) is 40.7 Å². The van der Waals surface area contributed by atoms with Crippen molar-refractivity contribution >= 4 is 9.76 Å². The second-order valence-corrected chi connectivity index (χ2v) is 9.18. The zero-order valence-electron chi connectivity index (χ0n) is 14.9. The van der Waals surface area contributed by atoms with Crippen molar-refractivity contribution < 1.29 is 4.43 Å². The highest BCUT2D eigenvalue weighted by atomic mass is 28.2. The van der Waals surface area contributed by atoms with Crippen molar-refractivity contribution in [3.63, 3.8) is 0 Å². The van der Waals surface area contributed by atoms with Crippen molar-refractivity contribution in [1.82, 2.24) is 4.98 Å². The van der Waals surface area contributed by atoms with E-state index in [0.29, 0.717) is 9.76 Å². The van der Waals surface area contributed by atoms with Gasteiger partial charge in [-0.15, -0.1) is 0 Å². The van der Waals surface area contributed by atoms with E-state index in [0.717, 1.165) is 24.2 Å². The van der Waals surface area contributed by atoms with Crippen LogP contribution in [0.5, 0.6) is 0 Å². The van der Waals surface area contributed by atoms with Gasteiger partial charge in [0.1, 0.15) is 0 Å². The number of nitriles is 1. The highest BCUT2D eigenvalue weighted by molar-refractivity contribution is 6.31. The Morgan fingerprint density at radius 2 is 1.64 bits per heavy atom. The third kappa shape index (κ3) is 4.41. The lowest BCUT2D eigenvalue weighted by Crippen LogP contribution is -2.30. The lowest BCUT2D eigenvalue weighted by atomic mass is 9.80. The average molecular weight is 317 g/mol. The Morgan fingerprint density at radius 1 is 1.09 bits per heavy atom. The van der Waals surface area contributed by atoms with Crippen molar-refractivity contribution in [2.24, 2.45) is 0 Å². The quantitative estimate of drug-likeness (QED) is 0.711. The predicted octanol–water partition coefficient (Wildman–Crippen LogP) is 4.75. The first-order valence-corrected chi connectivity index (χ1v) is 8.85. The zero-order chi connectivity index (χ0) is 17.0. The van der Waals surface area contributed by atoms with E-state index in [-0.39, 0.29) is 5.04 Å². The normalized spacial score (nSPS) is 13.0. The maximum atomic E-state index is 9.61. The van der Waals surface area contributed by atoms with E-state index < -0.39 is 11.0 Å². The van der Waals surface area contributed by atoms with Gasteiger partial charge in [0, 0.05) is 0 Å². The molecule has 0 aliphatic carbocycles. The van der Waals surface area contributed by atoms with Gasteiger partial charge in [0.05, 0.1) is 28.5 Å². The lowest BCUT2D eigenvalue weighted by molar-refractivity contribution is 0.104. The van der Waals surface area contributed by atoms with Crippen molar-refractivity contribution in [2.75, 3.05) is 0 Å². The van der Waals surface area contributed by atoms with Crippen LogP contribution in [0.25, 0.3) is 0 Å². The number of hydrogen-bond donors (Lipinski definition) is 0. The first-order valence-electron chi connectivity index (χ1n) is 7.94. The molecule has 1 aromatic heterocycles. The molecule has 0 aromatic carbocycles. The molecule has 0 saturated heterocycles. The molecule has 120 valence electrons. The fourth-order valence-electron chi connectivity index (χ4n) is 2.20. The molecule has 22 heavy (non-hydrogen) atoms. The number of hydrogen-bond acceptors (Lipinski definition) is 3. The summed E-state index contributed by atoms with van der Waals surface area (Å²) in [5, 5.41) is 9.75. The summed E-state index contributed by atoms with van der Waals surface area (Å²) in [6.07, 6.45) is 1.53. The van der Waals surface area contributed by atoms with Crippen LogP contribution in [-0.4, -0.2) is 14.7 Å². The Kier molecular flexibility index (Phi) is 5.94. The van der Waals surface area contributed by atoms with Crippen molar-refractivity contribution in [1.29, 1.82) is 5.26 Å². The van der Waals surface area contributed by atoms with E-state index in [4.69, 9.17) is 9.41 Å². The molecule has 0 atom stereocenters. The highest BCUT2D eigenvalue weighted by Crippen LogP contribution is 2.33. The molecule has 0 N–H and O–H groups in total. The summed E-state index contributed by atoms with van der Waals surface area (Å²) in [6.45, 7) is 14.7. The maximum Gasteiger partial charge on any atom is 0.237 e. The van der Waals surface area contributed by atoms with Crippen LogP contribution in [0.15, 0.2) is 18.2 Å². The van der Waals surface area contributed by atoms with E-state index in [1.165, 1.54) is 0 Å². The van der Waals surface area contributed by atoms with Gasteiger partial charge in [-0.05, 0) is 43.9 Å². The SMILES string of the molecule is CCC(C#N)(CC)c1cccc(C(C)(C)O[Si]C(C)(C)C)n1. The van der Waals surface area contributed by atoms with E-state index in [9.17, 15) is 5.26 Å². The van der Waals surface area contributed by atoms with Crippen molar-refractivity contribution in [3.8, 4) is 6.07 Å². The molecule has 4 heteroatoms. The van der Waals surface area contributed by atoms with E-state index in [2.05, 4.69) is 26.8 Å². The second-order valence-electron chi connectivity index (χ2n) is 7.27. The molecule has 2 radical (unpaired) electrons. The average Bonchev–Trinajstić information content (AvgIpc) is 2.48. The Bertz CT molecular complexity index is 537. The monoisotopic (exact) mass is 316 g/mol. The molecule has 1 heterocycles. The maximum absolute atomic E-state index is 9.61. The Labute approximate surface area is 138 Å².